The molecule has 0 amide bonds. The fraction of sp³-hybridized carbons (Fsp3) is 0.462. The monoisotopic (exact) mass is 240 g/mol. The van der Waals surface area contributed by atoms with Crippen LogP contribution >= 0.6 is 10.3 Å². The quantitative estimate of drug-likeness (QED) is 0.772. The minimum atomic E-state index is -1.74. The minimum absolute atomic E-state index is 0.0525. The molecule has 0 saturated heterocycles. The van der Waals surface area contributed by atoms with E-state index in [0.717, 1.165) is 18.6 Å². The molecule has 1 N–H and O–H groups in total. The van der Waals surface area contributed by atoms with Crippen LogP contribution in [-0.2, 0) is 0 Å². The van der Waals surface area contributed by atoms with Crippen molar-refractivity contribution in [1.29, 1.82) is 0 Å². The Hall–Kier alpha value is -0.800. The van der Waals surface area contributed by atoms with Crippen molar-refractivity contribution < 1.29 is 9.35 Å². The second kappa shape index (κ2) is 6.06. The summed E-state index contributed by atoms with van der Waals surface area (Å²) in [5, 5.41) is 0. The van der Waals surface area contributed by atoms with Crippen LogP contribution in [0.5, 0.6) is 0 Å². The third-order valence-electron chi connectivity index (χ3n) is 2.48. The average Bonchev–Trinajstić information content (AvgIpc) is 2.27. The molecule has 0 bridgehead atoms. The Morgan fingerprint density at radius 1 is 1.31 bits per heavy atom. The Morgan fingerprint density at radius 3 is 2.50 bits per heavy atom. The Balaban J connectivity index is 2.57. The first kappa shape index (κ1) is 13.3. The first-order valence-electron chi connectivity index (χ1n) is 5.59. The maximum atomic E-state index is 11.9. The highest BCUT2D eigenvalue weighted by Crippen LogP contribution is 2.40. The highest BCUT2D eigenvalue weighted by molar-refractivity contribution is 8.29. The summed E-state index contributed by atoms with van der Waals surface area (Å²) in [6.07, 6.45) is 3.87. The maximum Gasteiger partial charge on any atom is 0.173 e. The van der Waals surface area contributed by atoms with Crippen LogP contribution in [0.4, 0.5) is 0 Å². The molecule has 16 heavy (non-hydrogen) atoms. The Morgan fingerprint density at radius 2 is 1.94 bits per heavy atom. The highest BCUT2D eigenvalue weighted by atomic mass is 32.3. The van der Waals surface area contributed by atoms with Gasteiger partial charge in [-0.2, -0.15) is 0 Å². The fourth-order valence-electron chi connectivity index (χ4n) is 1.52. The van der Waals surface area contributed by atoms with E-state index in [0.29, 0.717) is 5.56 Å². The van der Waals surface area contributed by atoms with Crippen LogP contribution in [0.25, 0.3) is 0 Å². The normalized spacial score (nSPS) is 16.4. The average molecular weight is 240 g/mol. The molecule has 0 aliphatic carbocycles. The summed E-state index contributed by atoms with van der Waals surface area (Å²) >= 11 is 0. The van der Waals surface area contributed by atoms with Gasteiger partial charge >= 0.3 is 0 Å². The molecule has 90 valence electrons. The molecule has 0 fully saturated rings. The number of benzene rings is 1. The van der Waals surface area contributed by atoms with Gasteiger partial charge in [-0.1, -0.05) is 43.7 Å². The molecule has 1 unspecified atom stereocenters. The number of carbonyl (C=O) groups is 1. The van der Waals surface area contributed by atoms with Crippen molar-refractivity contribution >= 4 is 16.1 Å². The minimum Gasteiger partial charge on any atom is -0.351 e. The summed E-state index contributed by atoms with van der Waals surface area (Å²) in [6.45, 7) is 2.09. The molecule has 0 aliphatic rings. The summed E-state index contributed by atoms with van der Waals surface area (Å²) < 4.78 is 10.1. The van der Waals surface area contributed by atoms with E-state index < -0.39 is 10.3 Å². The topological polar surface area (TPSA) is 37.3 Å². The second-order valence-corrected chi connectivity index (χ2v) is 7.35. The SMILES string of the molecule is CCCCS(C)(O)CC(=O)c1ccccc1. The molecule has 0 spiro atoms. The lowest BCUT2D eigenvalue weighted by Crippen LogP contribution is -2.15. The lowest BCUT2D eigenvalue weighted by atomic mass is 10.2. The smallest absolute Gasteiger partial charge is 0.173 e. The van der Waals surface area contributed by atoms with Gasteiger partial charge < -0.3 is 4.55 Å². The Kier molecular flexibility index (Phi) is 5.03. The van der Waals surface area contributed by atoms with Gasteiger partial charge in [-0.05, 0) is 18.4 Å². The molecule has 0 saturated carbocycles. The van der Waals surface area contributed by atoms with Gasteiger partial charge in [-0.3, -0.25) is 4.79 Å². The number of carbonyl (C=O) groups excluding carboxylic acids is 1. The van der Waals surface area contributed by atoms with Gasteiger partial charge in [0.05, 0.1) is 5.75 Å². The van der Waals surface area contributed by atoms with Crippen molar-refractivity contribution in [3.05, 3.63) is 35.9 Å². The predicted octanol–water partition coefficient (Wildman–Crippen LogP) is 3.58. The highest BCUT2D eigenvalue weighted by Gasteiger charge is 2.19. The largest absolute Gasteiger partial charge is 0.351 e. The third kappa shape index (κ3) is 4.37. The molecule has 1 atom stereocenters. The van der Waals surface area contributed by atoms with Gasteiger partial charge in [0.25, 0.3) is 0 Å². The van der Waals surface area contributed by atoms with Crippen molar-refractivity contribution in [3.63, 3.8) is 0 Å². The molecular formula is C13H20O2S. The molecule has 0 aliphatic heterocycles. The zero-order chi connectivity index (χ0) is 12.0. The fourth-order valence-corrected chi connectivity index (χ4v) is 3.30. The number of unbranched alkanes of at least 4 members (excludes halogenated alkanes) is 1. The van der Waals surface area contributed by atoms with Gasteiger partial charge in [-0.25, -0.2) is 0 Å². The second-order valence-electron chi connectivity index (χ2n) is 4.21. The van der Waals surface area contributed by atoms with E-state index in [2.05, 4.69) is 6.92 Å². The standard InChI is InChI=1S/C13H20O2S/c1-3-4-10-16(2,15)11-13(14)12-8-6-5-7-9-12/h5-9,15H,3-4,10-11H2,1-2H3. The molecule has 0 aromatic heterocycles. The van der Waals surface area contributed by atoms with Gasteiger partial charge in [0.2, 0.25) is 0 Å². The van der Waals surface area contributed by atoms with E-state index in [1.165, 1.54) is 0 Å². The third-order valence-corrected chi connectivity index (χ3v) is 4.53. The molecule has 0 heterocycles. The van der Waals surface area contributed by atoms with Crippen molar-refractivity contribution in [2.24, 2.45) is 0 Å². The first-order chi connectivity index (χ1) is 7.55. The number of rotatable bonds is 6. The lowest BCUT2D eigenvalue weighted by Gasteiger charge is -2.28. The van der Waals surface area contributed by atoms with Gasteiger partial charge in [0, 0.05) is 5.56 Å². The van der Waals surface area contributed by atoms with Crippen molar-refractivity contribution in [2.75, 3.05) is 17.8 Å². The first-order valence-corrected chi connectivity index (χ1v) is 7.93. The van der Waals surface area contributed by atoms with E-state index in [1.807, 2.05) is 24.5 Å². The van der Waals surface area contributed by atoms with Crippen LogP contribution in [0, 0.1) is 0 Å². The number of ketones is 1. The molecule has 2 nitrogen and oxygen atoms in total. The predicted molar refractivity (Wildman–Crippen MR) is 71.6 cm³/mol. The van der Waals surface area contributed by atoms with E-state index in [-0.39, 0.29) is 11.5 Å². The Bertz CT molecular complexity index is 333. The lowest BCUT2D eigenvalue weighted by molar-refractivity contribution is 0.102. The summed E-state index contributed by atoms with van der Waals surface area (Å²) in [7, 11) is -1.74. The van der Waals surface area contributed by atoms with E-state index in [9.17, 15) is 9.35 Å². The summed E-state index contributed by atoms with van der Waals surface area (Å²) in [6, 6.07) is 9.20. The van der Waals surface area contributed by atoms with E-state index in [4.69, 9.17) is 0 Å². The van der Waals surface area contributed by atoms with E-state index >= 15 is 0 Å². The van der Waals surface area contributed by atoms with Crippen molar-refractivity contribution in [1.82, 2.24) is 0 Å². The Labute approximate surface area is 99.2 Å². The van der Waals surface area contributed by atoms with Crippen LogP contribution in [-0.4, -0.2) is 28.1 Å². The molecule has 1 aromatic rings. The summed E-state index contributed by atoms with van der Waals surface area (Å²) in [5.74, 6) is 1.11. The summed E-state index contributed by atoms with van der Waals surface area (Å²) in [5.41, 5.74) is 0.701. The molecule has 1 aromatic carbocycles. The van der Waals surface area contributed by atoms with Crippen LogP contribution in [0.1, 0.15) is 30.1 Å². The van der Waals surface area contributed by atoms with Crippen LogP contribution < -0.4 is 0 Å². The van der Waals surface area contributed by atoms with Crippen molar-refractivity contribution in [3.8, 4) is 0 Å². The molecule has 1 rings (SSSR count). The summed E-state index contributed by atoms with van der Waals surface area (Å²) in [4.78, 5) is 11.9. The van der Waals surface area contributed by atoms with Crippen LogP contribution in [0.2, 0.25) is 0 Å². The van der Waals surface area contributed by atoms with E-state index in [1.54, 1.807) is 12.1 Å². The zero-order valence-electron chi connectivity index (χ0n) is 9.98. The number of Topliss-reactive ketones (excluding diaryl/α,β-unsaturated/α-hetero) is 1. The van der Waals surface area contributed by atoms with Crippen LogP contribution in [0.15, 0.2) is 30.3 Å². The maximum absolute atomic E-state index is 11.9. The van der Waals surface area contributed by atoms with Gasteiger partial charge in [-0.15, -0.1) is 10.3 Å². The zero-order valence-corrected chi connectivity index (χ0v) is 10.8. The number of hydrogen-bond acceptors (Lipinski definition) is 2. The molecule has 0 radical (unpaired) electrons. The molecule has 3 heteroatoms. The van der Waals surface area contributed by atoms with Crippen LogP contribution in [0.3, 0.4) is 0 Å². The van der Waals surface area contributed by atoms with Gasteiger partial charge in [0.15, 0.2) is 5.78 Å². The number of hydrogen-bond donors (Lipinski definition) is 1. The van der Waals surface area contributed by atoms with Gasteiger partial charge in [0.1, 0.15) is 0 Å². The van der Waals surface area contributed by atoms with Crippen molar-refractivity contribution in [2.45, 2.75) is 19.8 Å². The molecular weight excluding hydrogens is 220 g/mol.